The van der Waals surface area contributed by atoms with Crippen LogP contribution in [-0.4, -0.2) is 35.2 Å². The predicted molar refractivity (Wildman–Crippen MR) is 84.2 cm³/mol. The topological polar surface area (TPSA) is 52.6 Å². The molecule has 1 aliphatic rings. The summed E-state index contributed by atoms with van der Waals surface area (Å²) in [5, 5.41) is 12.9. The molecular weight excluding hydrogens is 307 g/mol. The van der Waals surface area contributed by atoms with Gasteiger partial charge in [0.05, 0.1) is 6.10 Å². The number of hydrogen-bond donors (Lipinski definition) is 2. The summed E-state index contributed by atoms with van der Waals surface area (Å²) >= 11 is 5.71. The van der Waals surface area contributed by atoms with Crippen LogP contribution in [0.25, 0.3) is 0 Å². The Balaban J connectivity index is 1.96. The molecule has 0 spiro atoms. The zero-order valence-electron chi connectivity index (χ0n) is 12.9. The number of urea groups is 1. The minimum Gasteiger partial charge on any atom is -0.393 e. The molecule has 1 atom stereocenters. The minimum atomic E-state index is -0.431. The molecule has 6 heteroatoms. The molecule has 0 aromatic heterocycles. The molecule has 122 valence electrons. The largest absolute Gasteiger partial charge is 0.393 e. The monoisotopic (exact) mass is 328 g/mol. The van der Waals surface area contributed by atoms with E-state index in [1.165, 1.54) is 6.07 Å². The number of aliphatic hydroxyl groups is 1. The minimum absolute atomic E-state index is 0.112. The molecular formula is C16H22ClFN2O2. The highest BCUT2D eigenvalue weighted by Gasteiger charge is 2.31. The van der Waals surface area contributed by atoms with Gasteiger partial charge in [0.15, 0.2) is 0 Å². The van der Waals surface area contributed by atoms with E-state index in [4.69, 9.17) is 11.6 Å². The molecule has 1 unspecified atom stereocenters. The number of nitrogens with one attached hydrogen (secondary N) is 1. The Morgan fingerprint density at radius 3 is 2.95 bits per heavy atom. The van der Waals surface area contributed by atoms with Gasteiger partial charge in [0, 0.05) is 30.2 Å². The van der Waals surface area contributed by atoms with Crippen LogP contribution in [0.3, 0.4) is 0 Å². The Hall–Kier alpha value is -1.33. The Bertz CT molecular complexity index is 551. The molecule has 0 bridgehead atoms. The molecule has 0 radical (unpaired) electrons. The lowest BCUT2D eigenvalue weighted by Gasteiger charge is -2.29. The van der Waals surface area contributed by atoms with E-state index < -0.39 is 5.82 Å². The lowest BCUT2D eigenvalue weighted by atomic mass is 9.87. The molecule has 22 heavy (non-hydrogen) atoms. The summed E-state index contributed by atoms with van der Waals surface area (Å²) in [5.41, 5.74) is 0.255. The van der Waals surface area contributed by atoms with Crippen molar-refractivity contribution in [2.75, 3.05) is 13.1 Å². The van der Waals surface area contributed by atoms with E-state index >= 15 is 0 Å². The normalized spacial score (nSPS) is 21.3. The quantitative estimate of drug-likeness (QED) is 0.876. The van der Waals surface area contributed by atoms with Gasteiger partial charge < -0.3 is 15.3 Å². The van der Waals surface area contributed by atoms with Gasteiger partial charge in [-0.2, -0.15) is 0 Å². The zero-order chi connectivity index (χ0) is 16.3. The summed E-state index contributed by atoms with van der Waals surface area (Å²) in [6.45, 7) is 5.24. The van der Waals surface area contributed by atoms with Crippen LogP contribution < -0.4 is 5.32 Å². The van der Waals surface area contributed by atoms with E-state index in [1.54, 1.807) is 17.0 Å². The number of hydrogen-bond acceptors (Lipinski definition) is 2. The maximum atomic E-state index is 13.7. The van der Waals surface area contributed by atoms with E-state index in [9.17, 15) is 14.3 Å². The maximum absolute atomic E-state index is 13.7. The lowest BCUT2D eigenvalue weighted by Crippen LogP contribution is -2.43. The van der Waals surface area contributed by atoms with Crippen LogP contribution in [0.15, 0.2) is 18.2 Å². The van der Waals surface area contributed by atoms with E-state index in [0.717, 1.165) is 0 Å². The second-order valence-corrected chi connectivity index (χ2v) is 7.06. The zero-order valence-corrected chi connectivity index (χ0v) is 13.7. The Morgan fingerprint density at radius 1 is 1.55 bits per heavy atom. The van der Waals surface area contributed by atoms with Gasteiger partial charge in [-0.1, -0.05) is 31.5 Å². The van der Waals surface area contributed by atoms with Crippen LogP contribution >= 0.6 is 11.6 Å². The standard InChI is InChI=1S/C16H22ClFN2O2/c1-16(2)8-13(21)5-6-20(10-16)15(22)19-9-11-3-4-12(17)7-14(11)18/h3-4,7,13,21H,5-6,8-10H2,1-2H3,(H,19,22). The average Bonchev–Trinajstić information content (AvgIpc) is 2.54. The van der Waals surface area contributed by atoms with Gasteiger partial charge >= 0.3 is 6.03 Å². The molecule has 1 heterocycles. The number of benzene rings is 1. The third kappa shape index (κ3) is 4.58. The van der Waals surface area contributed by atoms with Gasteiger partial charge in [-0.05, 0) is 30.4 Å². The number of rotatable bonds is 2. The van der Waals surface area contributed by atoms with Crippen molar-refractivity contribution in [3.8, 4) is 0 Å². The van der Waals surface area contributed by atoms with Crippen molar-refractivity contribution in [1.29, 1.82) is 0 Å². The number of carbonyl (C=O) groups excluding carboxylic acids is 1. The number of carbonyl (C=O) groups is 1. The van der Waals surface area contributed by atoms with E-state index in [-0.39, 0.29) is 24.1 Å². The number of aliphatic hydroxyl groups excluding tert-OH is 1. The SMILES string of the molecule is CC1(C)CC(O)CCN(C(=O)NCc2ccc(Cl)cc2F)C1. The molecule has 1 aromatic carbocycles. The van der Waals surface area contributed by atoms with E-state index in [2.05, 4.69) is 5.32 Å². The predicted octanol–water partition coefficient (Wildman–Crippen LogP) is 3.17. The Labute approximate surface area is 135 Å². The molecule has 1 aliphatic heterocycles. The second-order valence-electron chi connectivity index (χ2n) is 6.63. The third-order valence-corrected chi connectivity index (χ3v) is 4.11. The highest BCUT2D eigenvalue weighted by Crippen LogP contribution is 2.28. The first-order valence-corrected chi connectivity index (χ1v) is 7.79. The van der Waals surface area contributed by atoms with Crippen LogP contribution in [-0.2, 0) is 6.54 Å². The first-order chi connectivity index (χ1) is 10.3. The summed E-state index contributed by atoms with van der Waals surface area (Å²) in [4.78, 5) is 14.0. The smallest absolute Gasteiger partial charge is 0.317 e. The van der Waals surface area contributed by atoms with Crippen molar-refractivity contribution < 1.29 is 14.3 Å². The van der Waals surface area contributed by atoms with Gasteiger partial charge in [-0.15, -0.1) is 0 Å². The Kier molecular flexibility index (Phi) is 5.29. The van der Waals surface area contributed by atoms with Crippen LogP contribution in [0.4, 0.5) is 9.18 Å². The third-order valence-electron chi connectivity index (χ3n) is 3.87. The van der Waals surface area contributed by atoms with Gasteiger partial charge in [0.1, 0.15) is 5.82 Å². The van der Waals surface area contributed by atoms with Crippen molar-refractivity contribution >= 4 is 17.6 Å². The highest BCUT2D eigenvalue weighted by molar-refractivity contribution is 6.30. The second kappa shape index (κ2) is 6.84. The molecule has 1 aromatic rings. The molecule has 1 saturated heterocycles. The summed E-state index contributed by atoms with van der Waals surface area (Å²) in [5.74, 6) is -0.431. The number of likely N-dealkylation sites (tertiary alicyclic amines) is 1. The first kappa shape index (κ1) is 17.0. The van der Waals surface area contributed by atoms with Crippen LogP contribution in [0.2, 0.25) is 5.02 Å². The van der Waals surface area contributed by atoms with Crippen molar-refractivity contribution in [1.82, 2.24) is 10.2 Å². The molecule has 1 fully saturated rings. The average molecular weight is 329 g/mol. The van der Waals surface area contributed by atoms with Gasteiger partial charge in [0.25, 0.3) is 0 Å². The molecule has 2 N–H and O–H groups in total. The van der Waals surface area contributed by atoms with Crippen molar-refractivity contribution in [2.45, 2.75) is 39.3 Å². The fourth-order valence-corrected chi connectivity index (χ4v) is 2.98. The number of halogens is 2. The lowest BCUT2D eigenvalue weighted by molar-refractivity contribution is 0.121. The molecule has 0 saturated carbocycles. The number of nitrogens with zero attached hydrogens (tertiary/aromatic N) is 1. The maximum Gasteiger partial charge on any atom is 0.317 e. The molecule has 4 nitrogen and oxygen atoms in total. The van der Waals surface area contributed by atoms with E-state index in [0.29, 0.717) is 36.5 Å². The van der Waals surface area contributed by atoms with Gasteiger partial charge in [-0.3, -0.25) is 0 Å². The molecule has 2 amide bonds. The van der Waals surface area contributed by atoms with Gasteiger partial charge in [0.2, 0.25) is 0 Å². The van der Waals surface area contributed by atoms with Gasteiger partial charge in [-0.25, -0.2) is 9.18 Å². The van der Waals surface area contributed by atoms with Crippen molar-refractivity contribution in [3.05, 3.63) is 34.6 Å². The fraction of sp³-hybridized carbons (Fsp3) is 0.562. The molecule has 2 rings (SSSR count). The number of amides is 2. The van der Waals surface area contributed by atoms with Crippen LogP contribution in [0.5, 0.6) is 0 Å². The summed E-state index contributed by atoms with van der Waals surface area (Å²) in [6, 6.07) is 4.15. The molecule has 0 aliphatic carbocycles. The van der Waals surface area contributed by atoms with E-state index in [1.807, 2.05) is 13.8 Å². The van der Waals surface area contributed by atoms with Crippen molar-refractivity contribution in [3.63, 3.8) is 0 Å². The fourth-order valence-electron chi connectivity index (χ4n) is 2.83. The van der Waals surface area contributed by atoms with Crippen molar-refractivity contribution in [2.24, 2.45) is 5.41 Å². The summed E-state index contributed by atoms with van der Waals surface area (Å²) in [7, 11) is 0. The first-order valence-electron chi connectivity index (χ1n) is 7.42. The van der Waals surface area contributed by atoms with Crippen LogP contribution in [0.1, 0.15) is 32.3 Å². The highest BCUT2D eigenvalue weighted by atomic mass is 35.5. The summed E-state index contributed by atoms with van der Waals surface area (Å²) < 4.78 is 13.7. The summed E-state index contributed by atoms with van der Waals surface area (Å²) in [6.07, 6.45) is 0.843. The van der Waals surface area contributed by atoms with Crippen LogP contribution in [0, 0.1) is 11.2 Å². The Morgan fingerprint density at radius 2 is 2.27 bits per heavy atom.